The zero-order valence-corrected chi connectivity index (χ0v) is 19.3. The van der Waals surface area contributed by atoms with Crippen molar-refractivity contribution in [3.8, 4) is 5.75 Å². The lowest BCUT2D eigenvalue weighted by atomic mass is 9.70. The quantitative estimate of drug-likeness (QED) is 0.699. The number of carbonyl (C=O) groups excluding carboxylic acids is 2. The molecular weight excluding hydrogens is 452 g/mol. The lowest BCUT2D eigenvalue weighted by Gasteiger charge is -2.53. The van der Waals surface area contributed by atoms with Gasteiger partial charge in [0.1, 0.15) is 11.4 Å². The number of rotatable bonds is 4. The molecule has 0 aromatic heterocycles. The van der Waals surface area contributed by atoms with E-state index in [-0.39, 0.29) is 29.7 Å². The molecule has 7 nitrogen and oxygen atoms in total. The van der Waals surface area contributed by atoms with Crippen LogP contribution in [0, 0.1) is 0 Å². The first-order valence-corrected chi connectivity index (χ1v) is 11.3. The van der Waals surface area contributed by atoms with Gasteiger partial charge in [-0.05, 0) is 71.1 Å². The van der Waals surface area contributed by atoms with E-state index in [1.807, 2.05) is 39.0 Å². The van der Waals surface area contributed by atoms with Gasteiger partial charge in [-0.3, -0.25) is 4.79 Å². The summed E-state index contributed by atoms with van der Waals surface area (Å²) in [5.74, 6) is 0.689. The first kappa shape index (κ1) is 21.4. The number of halogens is 1. The van der Waals surface area contributed by atoms with Gasteiger partial charge in [0.15, 0.2) is 6.61 Å². The molecule has 1 N–H and O–H groups in total. The van der Waals surface area contributed by atoms with Crippen molar-refractivity contribution < 1.29 is 23.8 Å². The molecule has 3 aliphatic heterocycles. The summed E-state index contributed by atoms with van der Waals surface area (Å²) in [5.41, 5.74) is -0.326. The highest BCUT2D eigenvalue weighted by Crippen LogP contribution is 2.46. The van der Waals surface area contributed by atoms with E-state index in [1.165, 1.54) is 0 Å². The predicted octanol–water partition coefficient (Wildman–Crippen LogP) is 4.17. The molecular formula is C22H29BrN2O5. The fraction of sp³-hybridized carbons (Fsp3) is 0.636. The van der Waals surface area contributed by atoms with Crippen molar-refractivity contribution >= 4 is 33.6 Å². The van der Waals surface area contributed by atoms with Crippen molar-refractivity contribution in [3.63, 3.8) is 0 Å². The molecule has 1 aromatic rings. The number of amides is 2. The summed E-state index contributed by atoms with van der Waals surface area (Å²) in [7, 11) is 0. The van der Waals surface area contributed by atoms with Crippen molar-refractivity contribution in [1.29, 1.82) is 0 Å². The number of benzene rings is 1. The Morgan fingerprint density at radius 1 is 1.27 bits per heavy atom. The topological polar surface area (TPSA) is 77.1 Å². The summed E-state index contributed by atoms with van der Waals surface area (Å²) in [6, 6.07) is 5.71. The van der Waals surface area contributed by atoms with Gasteiger partial charge in [-0.2, -0.15) is 0 Å². The Balaban J connectivity index is 1.38. The predicted molar refractivity (Wildman–Crippen MR) is 116 cm³/mol. The standard InChI is InChI=1S/C22H29BrN2O5/c1-20(2,3)30-19(27)24-21-6-8-22(9-7-21,29-14-21)10-11-25-16-12-15(23)4-5-17(16)28-13-18(25)26/h4-5,12H,6-11,13-14H2,1-3H3,(H,24,27). The summed E-state index contributed by atoms with van der Waals surface area (Å²) in [6.07, 6.45) is 3.78. The maximum absolute atomic E-state index is 12.5. The third-order valence-electron chi connectivity index (χ3n) is 6.19. The van der Waals surface area contributed by atoms with E-state index < -0.39 is 5.60 Å². The van der Waals surface area contributed by atoms with E-state index in [2.05, 4.69) is 21.2 Å². The average molecular weight is 481 g/mol. The molecule has 2 amide bonds. The summed E-state index contributed by atoms with van der Waals surface area (Å²) in [6.45, 7) is 6.69. The molecule has 2 bridgehead atoms. The van der Waals surface area contributed by atoms with Gasteiger partial charge in [-0.15, -0.1) is 0 Å². The van der Waals surface area contributed by atoms with Crippen LogP contribution in [0.2, 0.25) is 0 Å². The highest BCUT2D eigenvalue weighted by molar-refractivity contribution is 9.10. The highest BCUT2D eigenvalue weighted by atomic mass is 79.9. The number of ether oxygens (including phenoxy) is 3. The summed E-state index contributed by atoms with van der Waals surface area (Å²) >= 11 is 3.48. The van der Waals surface area contributed by atoms with Gasteiger partial charge in [0.05, 0.1) is 23.4 Å². The maximum Gasteiger partial charge on any atom is 0.408 e. The van der Waals surface area contributed by atoms with E-state index in [0.29, 0.717) is 13.2 Å². The van der Waals surface area contributed by atoms with Crippen molar-refractivity contribution in [3.05, 3.63) is 22.7 Å². The van der Waals surface area contributed by atoms with Crippen LogP contribution in [0.25, 0.3) is 0 Å². The van der Waals surface area contributed by atoms with Crippen LogP contribution in [-0.2, 0) is 14.3 Å². The number of hydrogen-bond acceptors (Lipinski definition) is 5. The van der Waals surface area contributed by atoms with Gasteiger partial charge in [-0.1, -0.05) is 15.9 Å². The Morgan fingerprint density at radius 2 is 2.00 bits per heavy atom. The van der Waals surface area contributed by atoms with E-state index in [1.54, 1.807) is 4.90 Å². The Hall–Kier alpha value is -1.80. The smallest absolute Gasteiger partial charge is 0.408 e. The molecule has 30 heavy (non-hydrogen) atoms. The van der Waals surface area contributed by atoms with Crippen LogP contribution >= 0.6 is 15.9 Å². The van der Waals surface area contributed by atoms with E-state index in [0.717, 1.165) is 48.0 Å². The molecule has 4 aliphatic rings. The van der Waals surface area contributed by atoms with Gasteiger partial charge in [-0.25, -0.2) is 4.79 Å². The van der Waals surface area contributed by atoms with E-state index in [4.69, 9.17) is 14.2 Å². The monoisotopic (exact) mass is 480 g/mol. The second kappa shape index (κ2) is 7.71. The first-order chi connectivity index (χ1) is 14.1. The molecule has 5 rings (SSSR count). The zero-order chi connectivity index (χ0) is 21.6. The molecule has 1 saturated carbocycles. The molecule has 0 radical (unpaired) electrons. The van der Waals surface area contributed by atoms with E-state index in [9.17, 15) is 9.59 Å². The molecule has 3 fully saturated rings. The fourth-order valence-electron chi connectivity index (χ4n) is 4.50. The number of alkyl carbamates (subject to hydrolysis) is 1. The van der Waals surface area contributed by atoms with Gasteiger partial charge >= 0.3 is 6.09 Å². The minimum atomic E-state index is -0.523. The second-order valence-corrected chi connectivity index (χ2v) is 10.5. The van der Waals surface area contributed by atoms with E-state index >= 15 is 0 Å². The van der Waals surface area contributed by atoms with Crippen molar-refractivity contribution in [2.75, 3.05) is 24.7 Å². The van der Waals surface area contributed by atoms with Crippen LogP contribution in [0.1, 0.15) is 52.9 Å². The Bertz CT molecular complexity index is 826. The van der Waals surface area contributed by atoms with Gasteiger partial charge in [0.25, 0.3) is 5.91 Å². The number of carbonyl (C=O) groups is 2. The second-order valence-electron chi connectivity index (χ2n) is 9.58. The van der Waals surface area contributed by atoms with Crippen molar-refractivity contribution in [2.24, 2.45) is 0 Å². The van der Waals surface area contributed by atoms with Crippen molar-refractivity contribution in [2.45, 2.75) is 69.6 Å². The van der Waals surface area contributed by atoms with Crippen LogP contribution in [0.15, 0.2) is 22.7 Å². The van der Waals surface area contributed by atoms with Crippen LogP contribution in [0.3, 0.4) is 0 Å². The summed E-state index contributed by atoms with van der Waals surface area (Å²) in [5, 5.41) is 3.05. The molecule has 1 aliphatic carbocycles. The summed E-state index contributed by atoms with van der Waals surface area (Å²) < 4.78 is 18.2. The molecule has 3 heterocycles. The van der Waals surface area contributed by atoms with Gasteiger partial charge in [0, 0.05) is 11.0 Å². The maximum atomic E-state index is 12.5. The number of nitrogens with one attached hydrogen (secondary N) is 1. The first-order valence-electron chi connectivity index (χ1n) is 10.5. The molecule has 0 unspecified atom stereocenters. The number of hydrogen-bond donors (Lipinski definition) is 1. The van der Waals surface area contributed by atoms with Crippen LogP contribution < -0.4 is 15.0 Å². The molecule has 8 heteroatoms. The van der Waals surface area contributed by atoms with Crippen LogP contribution in [0.4, 0.5) is 10.5 Å². The Labute approximate surface area is 185 Å². The number of nitrogens with zero attached hydrogens (tertiary/aromatic N) is 1. The lowest BCUT2D eigenvalue weighted by molar-refractivity contribution is -0.163. The molecule has 2 saturated heterocycles. The normalized spacial score (nSPS) is 28.0. The van der Waals surface area contributed by atoms with Crippen LogP contribution in [-0.4, -0.2) is 48.5 Å². The van der Waals surface area contributed by atoms with Crippen molar-refractivity contribution in [1.82, 2.24) is 5.32 Å². The SMILES string of the molecule is CC(C)(C)OC(=O)NC12CCC(CCN3C(=O)COc4ccc(Br)cc43)(CC1)OC2. The minimum Gasteiger partial charge on any atom is -0.482 e. The molecule has 164 valence electrons. The van der Waals surface area contributed by atoms with Gasteiger partial charge in [0.2, 0.25) is 0 Å². The molecule has 0 spiro atoms. The third kappa shape index (κ3) is 4.44. The third-order valence-corrected chi connectivity index (χ3v) is 6.69. The van der Waals surface area contributed by atoms with Gasteiger partial charge < -0.3 is 24.4 Å². The lowest BCUT2D eigenvalue weighted by Crippen LogP contribution is -2.63. The minimum absolute atomic E-state index is 0.0374. The Morgan fingerprint density at radius 3 is 2.63 bits per heavy atom. The zero-order valence-electron chi connectivity index (χ0n) is 17.8. The number of fused-ring (bicyclic) bond motifs is 4. The number of anilines is 1. The largest absolute Gasteiger partial charge is 0.482 e. The summed E-state index contributed by atoms with van der Waals surface area (Å²) in [4.78, 5) is 26.6. The Kier molecular flexibility index (Phi) is 5.51. The fourth-order valence-corrected chi connectivity index (χ4v) is 4.85. The molecule has 1 aromatic carbocycles. The highest BCUT2D eigenvalue weighted by Gasteiger charge is 2.51. The molecule has 0 atom stereocenters. The average Bonchev–Trinajstić information content (AvgIpc) is 2.67. The van der Waals surface area contributed by atoms with Crippen LogP contribution in [0.5, 0.6) is 5.75 Å².